The molecule has 0 bridgehead atoms. The van der Waals surface area contributed by atoms with E-state index >= 15 is 0 Å². The van der Waals surface area contributed by atoms with Crippen LogP contribution >= 0.6 is 0 Å². The highest BCUT2D eigenvalue weighted by Crippen LogP contribution is 2.21. The summed E-state index contributed by atoms with van der Waals surface area (Å²) in [5.74, 6) is 0.448. The predicted octanol–water partition coefficient (Wildman–Crippen LogP) is -0.906. The fourth-order valence-electron chi connectivity index (χ4n) is 2.79. The molecule has 0 aromatic carbocycles. The molecule has 0 atom stereocenters. The molecule has 0 unspecified atom stereocenters. The van der Waals surface area contributed by atoms with Gasteiger partial charge in [0.2, 0.25) is 10.0 Å². The molecule has 1 fully saturated rings. The van der Waals surface area contributed by atoms with E-state index in [9.17, 15) is 18.0 Å². The third-order valence-corrected chi connectivity index (χ3v) is 6.17. The molecule has 2 heterocycles. The summed E-state index contributed by atoms with van der Waals surface area (Å²) in [5, 5.41) is 3.27. The van der Waals surface area contributed by atoms with Gasteiger partial charge < -0.3 is 9.88 Å². The molecule has 0 aliphatic carbocycles. The minimum atomic E-state index is -3.88. The number of piperidine rings is 1. The van der Waals surface area contributed by atoms with Crippen LogP contribution in [0.1, 0.15) is 19.8 Å². The Morgan fingerprint density at radius 3 is 2.39 bits per heavy atom. The zero-order chi connectivity index (χ0) is 17.2. The summed E-state index contributed by atoms with van der Waals surface area (Å²) in [6.45, 7) is 4.60. The molecule has 2 rings (SSSR count). The number of hydrogen-bond donors (Lipinski definition) is 1. The molecule has 0 radical (unpaired) electrons. The standard InChI is InChI=1S/C14H24N4O4S/c1-4-15-9-11-5-7-18(8-6-11)23(21,22)12-10-16(2)14(20)17(3)13(12)19/h10-11,15H,4-9H2,1-3H3. The van der Waals surface area contributed by atoms with Crippen LogP contribution in [0, 0.1) is 5.92 Å². The maximum Gasteiger partial charge on any atom is 0.330 e. The number of rotatable bonds is 5. The van der Waals surface area contributed by atoms with Crippen molar-refractivity contribution < 1.29 is 8.42 Å². The molecule has 0 saturated carbocycles. The second-order valence-corrected chi connectivity index (χ2v) is 7.81. The highest BCUT2D eigenvalue weighted by atomic mass is 32.2. The minimum absolute atomic E-state index is 0.341. The third-order valence-electron chi connectivity index (χ3n) is 4.29. The maximum absolute atomic E-state index is 12.7. The summed E-state index contributed by atoms with van der Waals surface area (Å²) < 4.78 is 28.7. The van der Waals surface area contributed by atoms with Gasteiger partial charge in [-0.05, 0) is 31.8 Å². The lowest BCUT2D eigenvalue weighted by Crippen LogP contribution is -2.45. The molecule has 23 heavy (non-hydrogen) atoms. The summed E-state index contributed by atoms with van der Waals surface area (Å²) in [7, 11) is -1.16. The Morgan fingerprint density at radius 2 is 1.83 bits per heavy atom. The van der Waals surface area contributed by atoms with E-state index in [0.29, 0.717) is 19.0 Å². The quantitative estimate of drug-likeness (QED) is 0.747. The van der Waals surface area contributed by atoms with Gasteiger partial charge in [-0.15, -0.1) is 0 Å². The lowest BCUT2D eigenvalue weighted by Gasteiger charge is -2.31. The van der Waals surface area contributed by atoms with E-state index in [1.54, 1.807) is 0 Å². The Bertz CT molecular complexity index is 773. The van der Waals surface area contributed by atoms with Crippen molar-refractivity contribution in [1.29, 1.82) is 0 Å². The van der Waals surface area contributed by atoms with Crippen molar-refractivity contribution in [1.82, 2.24) is 18.8 Å². The molecule has 1 aliphatic heterocycles. The fraction of sp³-hybridized carbons (Fsp3) is 0.714. The van der Waals surface area contributed by atoms with E-state index in [1.165, 1.54) is 18.4 Å². The van der Waals surface area contributed by atoms with Gasteiger partial charge in [0.1, 0.15) is 0 Å². The van der Waals surface area contributed by atoms with Gasteiger partial charge in [0.05, 0.1) is 0 Å². The van der Waals surface area contributed by atoms with Crippen LogP contribution < -0.4 is 16.6 Å². The van der Waals surface area contributed by atoms with Crippen LogP contribution in [-0.2, 0) is 24.1 Å². The van der Waals surface area contributed by atoms with Crippen LogP contribution in [-0.4, -0.2) is 48.0 Å². The first-order valence-electron chi connectivity index (χ1n) is 7.76. The Morgan fingerprint density at radius 1 is 1.22 bits per heavy atom. The third kappa shape index (κ3) is 3.56. The van der Waals surface area contributed by atoms with Gasteiger partial charge in [-0.3, -0.25) is 9.36 Å². The minimum Gasteiger partial charge on any atom is -0.317 e. The molecule has 0 amide bonds. The summed E-state index contributed by atoms with van der Waals surface area (Å²) in [6.07, 6.45) is 2.64. The molecule has 1 saturated heterocycles. The largest absolute Gasteiger partial charge is 0.330 e. The van der Waals surface area contributed by atoms with Gasteiger partial charge in [0.15, 0.2) is 4.90 Å². The van der Waals surface area contributed by atoms with Crippen LogP contribution in [0.4, 0.5) is 0 Å². The summed E-state index contributed by atoms with van der Waals surface area (Å²) in [6, 6.07) is 0. The summed E-state index contributed by atoms with van der Waals surface area (Å²) in [4.78, 5) is 23.5. The molecule has 1 aromatic heterocycles. The van der Waals surface area contributed by atoms with Crippen molar-refractivity contribution in [3.05, 3.63) is 27.0 Å². The normalized spacial score (nSPS) is 17.5. The number of aryl methyl sites for hydroxylation is 1. The summed E-state index contributed by atoms with van der Waals surface area (Å²) in [5.41, 5.74) is -1.32. The Hall–Kier alpha value is -1.45. The first kappa shape index (κ1) is 17.9. The van der Waals surface area contributed by atoms with Gasteiger partial charge in [0.25, 0.3) is 5.56 Å². The maximum atomic E-state index is 12.7. The molecule has 9 heteroatoms. The second kappa shape index (κ2) is 6.98. The van der Waals surface area contributed by atoms with Crippen molar-refractivity contribution in [2.75, 3.05) is 26.2 Å². The SMILES string of the molecule is CCNCC1CCN(S(=O)(=O)c2cn(C)c(=O)n(C)c2=O)CC1. The van der Waals surface area contributed by atoms with Gasteiger partial charge in [-0.2, -0.15) is 4.31 Å². The molecular formula is C14H24N4O4S. The van der Waals surface area contributed by atoms with Gasteiger partial charge >= 0.3 is 5.69 Å². The van der Waals surface area contributed by atoms with Crippen LogP contribution in [0.25, 0.3) is 0 Å². The average Bonchev–Trinajstić information content (AvgIpc) is 2.54. The average molecular weight is 344 g/mol. The van der Waals surface area contributed by atoms with Gasteiger partial charge in [-0.1, -0.05) is 6.92 Å². The highest BCUT2D eigenvalue weighted by molar-refractivity contribution is 7.89. The number of nitrogens with zero attached hydrogens (tertiary/aromatic N) is 3. The van der Waals surface area contributed by atoms with Crippen LogP contribution in [0.2, 0.25) is 0 Å². The molecule has 0 spiro atoms. The first-order valence-corrected chi connectivity index (χ1v) is 9.20. The van der Waals surface area contributed by atoms with Crippen molar-refractivity contribution in [3.8, 4) is 0 Å². The Kier molecular flexibility index (Phi) is 5.43. The van der Waals surface area contributed by atoms with Crippen LogP contribution in [0.5, 0.6) is 0 Å². The fourth-order valence-corrected chi connectivity index (χ4v) is 4.41. The van der Waals surface area contributed by atoms with Crippen molar-refractivity contribution in [2.24, 2.45) is 20.0 Å². The van der Waals surface area contributed by atoms with E-state index in [4.69, 9.17) is 0 Å². The molecule has 1 aromatic rings. The zero-order valence-electron chi connectivity index (χ0n) is 13.8. The molecule has 1 N–H and O–H groups in total. The van der Waals surface area contributed by atoms with Crippen LogP contribution in [0.15, 0.2) is 20.7 Å². The van der Waals surface area contributed by atoms with E-state index in [1.807, 2.05) is 6.92 Å². The molecule has 8 nitrogen and oxygen atoms in total. The van der Waals surface area contributed by atoms with Gasteiger partial charge in [-0.25, -0.2) is 13.2 Å². The lowest BCUT2D eigenvalue weighted by molar-refractivity contribution is 0.268. The lowest BCUT2D eigenvalue weighted by atomic mass is 9.98. The Labute approximate surface area is 135 Å². The van der Waals surface area contributed by atoms with Crippen molar-refractivity contribution in [3.63, 3.8) is 0 Å². The van der Waals surface area contributed by atoms with Crippen molar-refractivity contribution in [2.45, 2.75) is 24.7 Å². The van der Waals surface area contributed by atoms with Crippen molar-refractivity contribution >= 4 is 10.0 Å². The zero-order valence-corrected chi connectivity index (χ0v) is 14.6. The van der Waals surface area contributed by atoms with E-state index in [-0.39, 0.29) is 4.90 Å². The van der Waals surface area contributed by atoms with Crippen LogP contribution in [0.3, 0.4) is 0 Å². The number of hydrogen-bond acceptors (Lipinski definition) is 5. The first-order chi connectivity index (χ1) is 10.8. The number of nitrogens with one attached hydrogen (secondary N) is 1. The molecule has 130 valence electrons. The van der Waals surface area contributed by atoms with E-state index in [2.05, 4.69) is 5.32 Å². The molecular weight excluding hydrogens is 320 g/mol. The highest BCUT2D eigenvalue weighted by Gasteiger charge is 2.32. The number of aromatic nitrogens is 2. The Balaban J connectivity index is 2.24. The summed E-state index contributed by atoms with van der Waals surface area (Å²) >= 11 is 0. The number of sulfonamides is 1. The van der Waals surface area contributed by atoms with Gasteiger partial charge in [0, 0.05) is 33.4 Å². The monoisotopic (exact) mass is 344 g/mol. The predicted molar refractivity (Wildman–Crippen MR) is 87.0 cm³/mol. The smallest absolute Gasteiger partial charge is 0.317 e. The van der Waals surface area contributed by atoms with E-state index < -0.39 is 21.3 Å². The second-order valence-electron chi connectivity index (χ2n) is 5.91. The topological polar surface area (TPSA) is 93.4 Å². The van der Waals surface area contributed by atoms with E-state index in [0.717, 1.165) is 41.3 Å². The molecule has 1 aliphatic rings.